The van der Waals surface area contributed by atoms with Crippen molar-refractivity contribution in [3.63, 3.8) is 0 Å². The van der Waals surface area contributed by atoms with Gasteiger partial charge in [0.2, 0.25) is 0 Å². The lowest BCUT2D eigenvalue weighted by Gasteiger charge is -2.10. The van der Waals surface area contributed by atoms with Crippen molar-refractivity contribution in [1.82, 2.24) is 0 Å². The summed E-state index contributed by atoms with van der Waals surface area (Å²) in [6.45, 7) is 1.74. The number of carbonyl (C=O) groups excluding carboxylic acids is 1. The van der Waals surface area contributed by atoms with Crippen LogP contribution in [-0.4, -0.2) is 5.91 Å². The first kappa shape index (κ1) is 14.3. The molecule has 104 valence electrons. The topological polar surface area (TPSA) is 55.1 Å². The normalized spacial score (nSPS) is 10.4. The molecule has 0 unspecified atom stereocenters. The van der Waals surface area contributed by atoms with E-state index in [2.05, 4.69) is 5.32 Å². The number of nitrogen functional groups attached to an aromatic ring is 1. The summed E-state index contributed by atoms with van der Waals surface area (Å²) in [4.78, 5) is 12.0. The number of nitrogens with one attached hydrogen (secondary N) is 1. The second-order valence-electron chi connectivity index (χ2n) is 4.27. The lowest BCUT2D eigenvalue weighted by Crippen LogP contribution is -2.13. The summed E-state index contributed by atoms with van der Waals surface area (Å²) in [6, 6.07) is 6.04. The van der Waals surface area contributed by atoms with E-state index in [1.165, 1.54) is 12.1 Å². The fraction of sp³-hybridized carbons (Fsp3) is 0.0714. The van der Waals surface area contributed by atoms with Gasteiger partial charge in [-0.05, 0) is 42.8 Å². The van der Waals surface area contributed by atoms with Gasteiger partial charge < -0.3 is 11.1 Å². The van der Waals surface area contributed by atoms with Gasteiger partial charge in [0.1, 0.15) is 0 Å². The highest BCUT2D eigenvalue weighted by Crippen LogP contribution is 2.27. The molecule has 3 N–H and O–H groups in total. The van der Waals surface area contributed by atoms with E-state index < -0.39 is 17.5 Å². The van der Waals surface area contributed by atoms with Crippen LogP contribution in [0, 0.1) is 18.6 Å². The van der Waals surface area contributed by atoms with Gasteiger partial charge >= 0.3 is 0 Å². The molecule has 20 heavy (non-hydrogen) atoms. The average Bonchev–Trinajstić information content (AvgIpc) is 2.39. The SMILES string of the molecule is Cc1cc(N)c(Cl)cc1NC(=O)c1ccc(F)c(F)c1. The number of hydrogen-bond donors (Lipinski definition) is 2. The summed E-state index contributed by atoms with van der Waals surface area (Å²) in [6.07, 6.45) is 0. The van der Waals surface area contributed by atoms with Crippen LogP contribution in [0.5, 0.6) is 0 Å². The molecule has 2 aromatic rings. The summed E-state index contributed by atoms with van der Waals surface area (Å²) >= 11 is 5.88. The van der Waals surface area contributed by atoms with E-state index in [1.54, 1.807) is 13.0 Å². The maximum absolute atomic E-state index is 13.1. The number of hydrogen-bond acceptors (Lipinski definition) is 2. The van der Waals surface area contributed by atoms with Crippen LogP contribution < -0.4 is 11.1 Å². The predicted molar refractivity (Wildman–Crippen MR) is 74.9 cm³/mol. The Labute approximate surface area is 119 Å². The van der Waals surface area contributed by atoms with E-state index in [1.807, 2.05) is 0 Å². The highest BCUT2D eigenvalue weighted by molar-refractivity contribution is 6.33. The van der Waals surface area contributed by atoms with E-state index in [0.717, 1.165) is 12.1 Å². The molecule has 0 saturated heterocycles. The van der Waals surface area contributed by atoms with Gasteiger partial charge in [0.25, 0.3) is 5.91 Å². The summed E-state index contributed by atoms with van der Waals surface area (Å²) in [5, 5.41) is 2.88. The number of halogens is 3. The zero-order valence-electron chi connectivity index (χ0n) is 10.5. The van der Waals surface area contributed by atoms with Crippen LogP contribution in [0.2, 0.25) is 5.02 Å². The number of amides is 1. The fourth-order valence-electron chi connectivity index (χ4n) is 1.67. The van der Waals surface area contributed by atoms with E-state index in [4.69, 9.17) is 17.3 Å². The average molecular weight is 297 g/mol. The monoisotopic (exact) mass is 296 g/mol. The molecular weight excluding hydrogens is 286 g/mol. The van der Waals surface area contributed by atoms with Gasteiger partial charge in [0.15, 0.2) is 11.6 Å². The second-order valence-corrected chi connectivity index (χ2v) is 4.68. The van der Waals surface area contributed by atoms with Crippen LogP contribution in [-0.2, 0) is 0 Å². The van der Waals surface area contributed by atoms with Crippen LogP contribution in [0.15, 0.2) is 30.3 Å². The first-order valence-electron chi connectivity index (χ1n) is 5.70. The summed E-state index contributed by atoms with van der Waals surface area (Å²) in [5.74, 6) is -2.65. The number of nitrogens with two attached hydrogens (primary N) is 1. The van der Waals surface area contributed by atoms with E-state index >= 15 is 0 Å². The minimum atomic E-state index is -1.08. The molecule has 3 nitrogen and oxygen atoms in total. The molecule has 0 spiro atoms. The highest BCUT2D eigenvalue weighted by atomic mass is 35.5. The molecule has 0 aliphatic heterocycles. The Morgan fingerprint density at radius 2 is 1.90 bits per heavy atom. The zero-order valence-corrected chi connectivity index (χ0v) is 11.3. The van der Waals surface area contributed by atoms with E-state index in [0.29, 0.717) is 22.0 Å². The van der Waals surface area contributed by atoms with Crippen molar-refractivity contribution in [2.75, 3.05) is 11.1 Å². The first-order valence-corrected chi connectivity index (χ1v) is 6.08. The number of aryl methyl sites for hydroxylation is 1. The van der Waals surface area contributed by atoms with Gasteiger partial charge in [-0.3, -0.25) is 4.79 Å². The summed E-state index contributed by atoms with van der Waals surface area (Å²) in [7, 11) is 0. The molecule has 0 atom stereocenters. The fourth-order valence-corrected chi connectivity index (χ4v) is 1.83. The minimum Gasteiger partial charge on any atom is -0.398 e. The van der Waals surface area contributed by atoms with Gasteiger partial charge in [0.05, 0.1) is 10.7 Å². The van der Waals surface area contributed by atoms with Crippen molar-refractivity contribution in [3.8, 4) is 0 Å². The Morgan fingerprint density at radius 3 is 2.55 bits per heavy atom. The van der Waals surface area contributed by atoms with E-state index in [-0.39, 0.29) is 5.56 Å². The Bertz CT molecular complexity index is 689. The minimum absolute atomic E-state index is 0.0104. The third kappa shape index (κ3) is 2.88. The number of anilines is 2. The second kappa shape index (κ2) is 5.46. The van der Waals surface area contributed by atoms with Crippen molar-refractivity contribution < 1.29 is 13.6 Å². The molecule has 0 heterocycles. The van der Waals surface area contributed by atoms with Crippen LogP contribution in [0.1, 0.15) is 15.9 Å². The zero-order chi connectivity index (χ0) is 14.9. The quantitative estimate of drug-likeness (QED) is 0.829. The number of benzene rings is 2. The maximum Gasteiger partial charge on any atom is 0.255 e. The molecule has 6 heteroatoms. The molecule has 0 aliphatic rings. The van der Waals surface area contributed by atoms with Gasteiger partial charge in [-0.25, -0.2) is 8.78 Å². The molecule has 0 saturated carbocycles. The van der Waals surface area contributed by atoms with E-state index in [9.17, 15) is 13.6 Å². The molecule has 0 bridgehead atoms. The van der Waals surface area contributed by atoms with Crippen LogP contribution in [0.3, 0.4) is 0 Å². The largest absolute Gasteiger partial charge is 0.398 e. The molecule has 0 aliphatic carbocycles. The van der Waals surface area contributed by atoms with Crippen molar-refractivity contribution in [2.24, 2.45) is 0 Å². The Hall–Kier alpha value is -2.14. The Balaban J connectivity index is 2.27. The number of carbonyl (C=O) groups is 1. The molecule has 2 aromatic carbocycles. The predicted octanol–water partition coefficient (Wildman–Crippen LogP) is 3.76. The van der Waals surface area contributed by atoms with Crippen LogP contribution in [0.25, 0.3) is 0 Å². The van der Waals surface area contributed by atoms with Crippen LogP contribution >= 0.6 is 11.6 Å². The number of rotatable bonds is 2. The standard InChI is InChI=1S/C14H11ClF2N2O/c1-7-4-12(18)9(15)6-13(7)19-14(20)8-2-3-10(16)11(17)5-8/h2-6H,18H2,1H3,(H,19,20). The Morgan fingerprint density at radius 1 is 1.20 bits per heavy atom. The van der Waals surface area contributed by atoms with Gasteiger partial charge in [-0.1, -0.05) is 11.6 Å². The summed E-state index contributed by atoms with van der Waals surface area (Å²) < 4.78 is 25.9. The van der Waals surface area contributed by atoms with Crippen LogP contribution in [0.4, 0.5) is 20.2 Å². The van der Waals surface area contributed by atoms with Gasteiger partial charge in [-0.15, -0.1) is 0 Å². The smallest absolute Gasteiger partial charge is 0.255 e. The third-order valence-corrected chi connectivity index (χ3v) is 3.10. The molecule has 2 rings (SSSR count). The van der Waals surface area contributed by atoms with Crippen molar-refractivity contribution >= 4 is 28.9 Å². The Kier molecular flexibility index (Phi) is 3.90. The molecule has 0 aromatic heterocycles. The van der Waals surface area contributed by atoms with Crippen molar-refractivity contribution in [1.29, 1.82) is 0 Å². The molecular formula is C14H11ClF2N2O. The van der Waals surface area contributed by atoms with Crippen molar-refractivity contribution in [2.45, 2.75) is 6.92 Å². The molecule has 1 amide bonds. The first-order chi connectivity index (χ1) is 9.38. The van der Waals surface area contributed by atoms with Gasteiger partial charge in [0, 0.05) is 11.3 Å². The molecule has 0 radical (unpaired) electrons. The lowest BCUT2D eigenvalue weighted by atomic mass is 10.1. The summed E-state index contributed by atoms with van der Waals surface area (Å²) in [5.41, 5.74) is 7.21. The molecule has 0 fully saturated rings. The lowest BCUT2D eigenvalue weighted by molar-refractivity contribution is 0.102. The maximum atomic E-state index is 13.1. The van der Waals surface area contributed by atoms with Crippen molar-refractivity contribution in [3.05, 3.63) is 58.1 Å². The third-order valence-electron chi connectivity index (χ3n) is 2.77. The van der Waals surface area contributed by atoms with Gasteiger partial charge in [-0.2, -0.15) is 0 Å². The highest BCUT2D eigenvalue weighted by Gasteiger charge is 2.12.